The molecular formula is C16H20N2O2. The quantitative estimate of drug-likeness (QED) is 0.838. The van der Waals surface area contributed by atoms with Gasteiger partial charge in [-0.2, -0.15) is 0 Å². The number of hydrogen-bond acceptors (Lipinski definition) is 2. The summed E-state index contributed by atoms with van der Waals surface area (Å²) in [4.78, 5) is 14.2. The van der Waals surface area contributed by atoms with Crippen LogP contribution in [0.2, 0.25) is 0 Å². The van der Waals surface area contributed by atoms with Crippen molar-refractivity contribution in [1.29, 1.82) is 0 Å². The molecule has 1 heterocycles. The summed E-state index contributed by atoms with van der Waals surface area (Å²) in [6.45, 7) is 1.64. The number of urea groups is 1. The van der Waals surface area contributed by atoms with E-state index in [1.54, 1.807) is 18.3 Å². The van der Waals surface area contributed by atoms with Gasteiger partial charge in [-0.1, -0.05) is 23.3 Å². The van der Waals surface area contributed by atoms with Crippen molar-refractivity contribution >= 4 is 11.7 Å². The van der Waals surface area contributed by atoms with Crippen molar-refractivity contribution in [3.05, 3.63) is 35.4 Å². The summed E-state index contributed by atoms with van der Waals surface area (Å²) in [6, 6.07) is 7.46. The number of nitrogens with zero attached hydrogens (tertiary/aromatic N) is 1. The minimum atomic E-state index is -0.0330. The number of nitrogens with one attached hydrogen (secondary N) is 1. The first-order chi connectivity index (χ1) is 9.78. The average molecular weight is 272 g/mol. The molecule has 106 valence electrons. The summed E-state index contributed by atoms with van der Waals surface area (Å²) in [5, 5.41) is 2.94. The Balaban J connectivity index is 1.61. The Bertz CT molecular complexity index is 535. The molecule has 0 radical (unpaired) electrons. The summed E-state index contributed by atoms with van der Waals surface area (Å²) in [5.41, 5.74) is 3.95. The maximum absolute atomic E-state index is 12.3. The lowest BCUT2D eigenvalue weighted by Gasteiger charge is -2.28. The standard InChI is InChI=1S/C16H20N2O2/c1-20-15-5-3-2-4-14(15)17-16(19)18-10-8-13(9-11-18)12-6-7-12/h2-5H,6-11H2,1H3,(H,17,19). The molecule has 1 aromatic carbocycles. The van der Waals surface area contributed by atoms with E-state index < -0.39 is 0 Å². The van der Waals surface area contributed by atoms with Crippen LogP contribution < -0.4 is 10.1 Å². The zero-order valence-corrected chi connectivity index (χ0v) is 11.8. The Morgan fingerprint density at radius 2 is 1.75 bits per heavy atom. The van der Waals surface area contributed by atoms with Gasteiger partial charge in [-0.15, -0.1) is 0 Å². The molecule has 2 fully saturated rings. The van der Waals surface area contributed by atoms with Gasteiger partial charge in [0, 0.05) is 13.1 Å². The van der Waals surface area contributed by atoms with Crippen LogP contribution >= 0.6 is 0 Å². The van der Waals surface area contributed by atoms with Crippen molar-refractivity contribution < 1.29 is 9.53 Å². The van der Waals surface area contributed by atoms with E-state index in [1.165, 1.54) is 12.8 Å². The number of piperidine rings is 1. The second kappa shape index (κ2) is 5.57. The van der Waals surface area contributed by atoms with E-state index in [1.807, 2.05) is 29.2 Å². The van der Waals surface area contributed by atoms with Crippen molar-refractivity contribution in [3.63, 3.8) is 0 Å². The first kappa shape index (κ1) is 13.0. The maximum atomic E-state index is 12.3. The van der Waals surface area contributed by atoms with E-state index in [4.69, 9.17) is 4.74 Å². The van der Waals surface area contributed by atoms with E-state index in [2.05, 4.69) is 5.32 Å². The number of methoxy groups -OCH3 is 1. The molecule has 1 N–H and O–H groups in total. The van der Waals surface area contributed by atoms with E-state index in [0.29, 0.717) is 5.75 Å². The number of amides is 2. The summed E-state index contributed by atoms with van der Waals surface area (Å²) in [5.74, 6) is 0.693. The second-order valence-corrected chi connectivity index (χ2v) is 5.32. The number of anilines is 1. The number of ether oxygens (including phenoxy) is 1. The van der Waals surface area contributed by atoms with Gasteiger partial charge in [-0.25, -0.2) is 4.79 Å². The lowest BCUT2D eigenvalue weighted by atomic mass is 10.0. The highest BCUT2D eigenvalue weighted by molar-refractivity contribution is 5.91. The molecule has 4 nitrogen and oxygen atoms in total. The minimum Gasteiger partial charge on any atom is -0.495 e. The fourth-order valence-electron chi connectivity index (χ4n) is 2.69. The third-order valence-electron chi connectivity index (χ3n) is 4.00. The van der Waals surface area contributed by atoms with Crippen LogP contribution in [-0.4, -0.2) is 31.1 Å². The Morgan fingerprint density at radius 3 is 2.40 bits per heavy atom. The average Bonchev–Trinajstić information content (AvgIpc) is 3.32. The van der Waals surface area contributed by atoms with Crippen LogP contribution in [0.1, 0.15) is 25.7 Å². The number of allylic oxidation sites excluding steroid dienone is 1. The summed E-state index contributed by atoms with van der Waals surface area (Å²) in [7, 11) is 1.61. The van der Waals surface area contributed by atoms with Crippen LogP contribution in [0.5, 0.6) is 5.75 Å². The van der Waals surface area contributed by atoms with Gasteiger partial charge in [0.15, 0.2) is 0 Å². The van der Waals surface area contributed by atoms with E-state index in [9.17, 15) is 4.79 Å². The summed E-state index contributed by atoms with van der Waals surface area (Å²) >= 11 is 0. The van der Waals surface area contributed by atoms with Gasteiger partial charge < -0.3 is 15.0 Å². The highest BCUT2D eigenvalue weighted by atomic mass is 16.5. The molecule has 0 unspecified atom stereocenters. The fraction of sp³-hybridized carbons (Fsp3) is 0.438. The molecule has 1 saturated heterocycles. The zero-order chi connectivity index (χ0) is 13.9. The lowest BCUT2D eigenvalue weighted by molar-refractivity contribution is 0.207. The Kier molecular flexibility index (Phi) is 3.63. The lowest BCUT2D eigenvalue weighted by Crippen LogP contribution is -2.39. The topological polar surface area (TPSA) is 41.6 Å². The number of carbonyl (C=O) groups is 1. The maximum Gasteiger partial charge on any atom is 0.321 e. The summed E-state index contributed by atoms with van der Waals surface area (Å²) in [6.07, 6.45) is 4.63. The number of hydrogen-bond donors (Lipinski definition) is 1. The molecule has 1 aliphatic heterocycles. The highest BCUT2D eigenvalue weighted by Crippen LogP contribution is 2.36. The molecule has 0 bridgehead atoms. The second-order valence-electron chi connectivity index (χ2n) is 5.32. The third kappa shape index (κ3) is 2.79. The van der Waals surface area contributed by atoms with Gasteiger partial charge >= 0.3 is 6.03 Å². The molecule has 0 aromatic heterocycles. The van der Waals surface area contributed by atoms with Crippen molar-refractivity contribution in [2.45, 2.75) is 25.7 Å². The molecule has 1 aliphatic carbocycles. The number of para-hydroxylation sites is 2. The molecule has 4 heteroatoms. The van der Waals surface area contributed by atoms with Crippen LogP contribution in [0.3, 0.4) is 0 Å². The number of benzene rings is 1. The van der Waals surface area contributed by atoms with Gasteiger partial charge in [0.05, 0.1) is 12.8 Å². The smallest absolute Gasteiger partial charge is 0.321 e. The van der Waals surface area contributed by atoms with Crippen molar-refractivity contribution in [1.82, 2.24) is 4.90 Å². The van der Waals surface area contributed by atoms with Gasteiger partial charge in [-0.3, -0.25) is 0 Å². The Labute approximate surface area is 119 Å². The van der Waals surface area contributed by atoms with Gasteiger partial charge in [0.1, 0.15) is 5.75 Å². The molecular weight excluding hydrogens is 252 g/mol. The fourth-order valence-corrected chi connectivity index (χ4v) is 2.69. The van der Waals surface area contributed by atoms with Crippen LogP contribution in [0.15, 0.2) is 35.4 Å². The molecule has 1 saturated carbocycles. The van der Waals surface area contributed by atoms with Crippen LogP contribution in [0, 0.1) is 0 Å². The van der Waals surface area contributed by atoms with Crippen molar-refractivity contribution in [2.24, 2.45) is 0 Å². The predicted octanol–water partition coefficient (Wildman–Crippen LogP) is 3.41. The molecule has 2 aliphatic rings. The Morgan fingerprint density at radius 1 is 1.10 bits per heavy atom. The van der Waals surface area contributed by atoms with Gasteiger partial charge in [0.2, 0.25) is 0 Å². The third-order valence-corrected chi connectivity index (χ3v) is 4.00. The van der Waals surface area contributed by atoms with E-state index >= 15 is 0 Å². The molecule has 0 atom stereocenters. The first-order valence-corrected chi connectivity index (χ1v) is 7.16. The molecule has 20 heavy (non-hydrogen) atoms. The molecule has 2 amide bonds. The van der Waals surface area contributed by atoms with Crippen LogP contribution in [0.25, 0.3) is 0 Å². The van der Waals surface area contributed by atoms with Gasteiger partial charge in [-0.05, 0) is 37.8 Å². The normalized spacial score (nSPS) is 17.9. The first-order valence-electron chi connectivity index (χ1n) is 7.16. The SMILES string of the molecule is COc1ccccc1NC(=O)N1CCC(=C2CC2)CC1. The molecule has 1 aromatic rings. The number of rotatable bonds is 2. The highest BCUT2D eigenvalue weighted by Gasteiger charge is 2.24. The monoisotopic (exact) mass is 272 g/mol. The zero-order valence-electron chi connectivity index (χ0n) is 11.8. The number of likely N-dealkylation sites (tertiary alicyclic amines) is 1. The Hall–Kier alpha value is -1.97. The van der Waals surface area contributed by atoms with E-state index in [0.717, 1.165) is 31.6 Å². The number of carbonyl (C=O) groups excluding carboxylic acids is 1. The van der Waals surface area contributed by atoms with E-state index in [-0.39, 0.29) is 6.03 Å². The largest absolute Gasteiger partial charge is 0.495 e. The minimum absolute atomic E-state index is 0.0330. The van der Waals surface area contributed by atoms with Crippen molar-refractivity contribution in [3.8, 4) is 5.75 Å². The van der Waals surface area contributed by atoms with Crippen LogP contribution in [0.4, 0.5) is 10.5 Å². The van der Waals surface area contributed by atoms with Crippen LogP contribution in [-0.2, 0) is 0 Å². The van der Waals surface area contributed by atoms with Crippen molar-refractivity contribution in [2.75, 3.05) is 25.5 Å². The summed E-state index contributed by atoms with van der Waals surface area (Å²) < 4.78 is 5.25. The molecule has 0 spiro atoms. The predicted molar refractivity (Wildman–Crippen MR) is 79.1 cm³/mol. The molecule has 3 rings (SSSR count). The van der Waals surface area contributed by atoms with Gasteiger partial charge in [0.25, 0.3) is 0 Å².